The molecule has 1 fully saturated rings. The van der Waals surface area contributed by atoms with E-state index in [0.717, 1.165) is 60.6 Å². The maximum absolute atomic E-state index is 12.8. The van der Waals surface area contributed by atoms with Crippen molar-refractivity contribution in [2.45, 2.75) is 33.1 Å². The Hall–Kier alpha value is -3.15. The molecule has 0 bridgehead atoms. The number of benzene rings is 2. The number of hydrogen-bond acceptors (Lipinski definition) is 3. The average Bonchev–Trinajstić information content (AvgIpc) is 3.09. The number of aryl methyl sites for hydroxylation is 2. The molecule has 6 nitrogen and oxygen atoms in total. The van der Waals surface area contributed by atoms with Gasteiger partial charge >= 0.3 is 5.69 Å². The Morgan fingerprint density at radius 1 is 1.03 bits per heavy atom. The smallest absolute Gasteiger partial charge is 0.339 e. The van der Waals surface area contributed by atoms with E-state index < -0.39 is 0 Å². The summed E-state index contributed by atoms with van der Waals surface area (Å²) >= 11 is 0. The Morgan fingerprint density at radius 3 is 2.38 bits per heavy atom. The van der Waals surface area contributed by atoms with Crippen LogP contribution in [0.2, 0.25) is 0 Å². The van der Waals surface area contributed by atoms with Crippen molar-refractivity contribution in [2.24, 2.45) is 5.92 Å². The van der Waals surface area contributed by atoms with E-state index in [-0.39, 0.29) is 11.6 Å². The fraction of sp³-hybridized carbons (Fsp3) is 0.348. The number of amides is 1. The zero-order valence-electron chi connectivity index (χ0n) is 16.9. The fourth-order valence-electron chi connectivity index (χ4n) is 4.11. The van der Waals surface area contributed by atoms with Crippen molar-refractivity contribution in [3.63, 3.8) is 0 Å². The highest BCUT2D eigenvalue weighted by Gasteiger charge is 2.26. The molecule has 1 saturated heterocycles. The maximum atomic E-state index is 12.8. The molecule has 0 unspecified atom stereocenters. The summed E-state index contributed by atoms with van der Waals surface area (Å²) in [6.45, 7) is 5.43. The van der Waals surface area contributed by atoms with Gasteiger partial charge in [0.25, 0.3) is 5.91 Å². The first-order valence-electron chi connectivity index (χ1n) is 10.1. The van der Waals surface area contributed by atoms with E-state index in [2.05, 4.69) is 10.2 Å². The molecule has 1 N–H and O–H groups in total. The number of H-pyrrole nitrogens is 1. The second-order valence-electron chi connectivity index (χ2n) is 7.82. The molecule has 2 aromatic carbocycles. The van der Waals surface area contributed by atoms with Gasteiger partial charge in [0.2, 0.25) is 0 Å². The van der Waals surface area contributed by atoms with Gasteiger partial charge in [0, 0.05) is 25.1 Å². The number of hydrogen-bond donors (Lipinski definition) is 1. The van der Waals surface area contributed by atoms with Crippen LogP contribution in [0.1, 0.15) is 40.2 Å². The second-order valence-corrected chi connectivity index (χ2v) is 7.82. The number of rotatable bonds is 4. The number of aromatic amines is 1. The van der Waals surface area contributed by atoms with Crippen molar-refractivity contribution < 1.29 is 4.79 Å². The summed E-state index contributed by atoms with van der Waals surface area (Å²) in [7, 11) is 0. The highest BCUT2D eigenvalue weighted by molar-refractivity contribution is 5.95. The molecule has 1 aromatic heterocycles. The van der Waals surface area contributed by atoms with Crippen LogP contribution in [0.5, 0.6) is 0 Å². The summed E-state index contributed by atoms with van der Waals surface area (Å²) in [6, 6.07) is 15.6. The lowest BCUT2D eigenvalue weighted by Crippen LogP contribution is -2.39. The summed E-state index contributed by atoms with van der Waals surface area (Å²) in [5, 5.41) is 6.89. The van der Waals surface area contributed by atoms with Gasteiger partial charge in [-0.3, -0.25) is 4.79 Å². The van der Waals surface area contributed by atoms with Gasteiger partial charge in [-0.25, -0.2) is 14.5 Å². The zero-order valence-corrected chi connectivity index (χ0v) is 16.9. The molecule has 0 atom stereocenters. The number of para-hydroxylation sites is 1. The summed E-state index contributed by atoms with van der Waals surface area (Å²) in [4.78, 5) is 27.1. The highest BCUT2D eigenvalue weighted by Crippen LogP contribution is 2.24. The van der Waals surface area contributed by atoms with Crippen LogP contribution in [-0.2, 0) is 6.42 Å². The van der Waals surface area contributed by atoms with Crippen LogP contribution in [0.25, 0.3) is 5.69 Å². The summed E-state index contributed by atoms with van der Waals surface area (Å²) in [5.74, 6) is 1.26. The van der Waals surface area contributed by atoms with Gasteiger partial charge in [-0.15, -0.1) is 0 Å². The molecular weight excluding hydrogens is 364 g/mol. The van der Waals surface area contributed by atoms with Crippen molar-refractivity contribution >= 4 is 5.91 Å². The molecule has 1 aliphatic rings. The maximum Gasteiger partial charge on any atom is 0.347 e. The Balaban J connectivity index is 1.45. The minimum absolute atomic E-state index is 0.109. The topological polar surface area (TPSA) is 71.0 Å². The molecule has 3 aromatic rings. The number of likely N-dealkylation sites (tertiary alicyclic amines) is 1. The molecule has 2 heterocycles. The minimum Gasteiger partial charge on any atom is -0.339 e. The van der Waals surface area contributed by atoms with Crippen LogP contribution in [-0.4, -0.2) is 38.7 Å². The van der Waals surface area contributed by atoms with Gasteiger partial charge in [0.1, 0.15) is 5.82 Å². The third-order valence-corrected chi connectivity index (χ3v) is 5.85. The molecule has 0 spiro atoms. The molecular formula is C23H26N4O2. The first-order chi connectivity index (χ1) is 14.0. The third kappa shape index (κ3) is 3.88. The predicted octanol–water partition coefficient (Wildman–Crippen LogP) is 3.27. The van der Waals surface area contributed by atoms with E-state index in [1.165, 1.54) is 0 Å². The SMILES string of the molecule is Cc1ccccc1C(=O)N1CCC(Cc2n[nH]c(=O)n2-c2ccccc2C)CC1. The van der Waals surface area contributed by atoms with Crippen molar-refractivity contribution in [3.8, 4) is 5.69 Å². The average molecular weight is 390 g/mol. The minimum atomic E-state index is -0.207. The normalized spacial score (nSPS) is 14.9. The van der Waals surface area contributed by atoms with Gasteiger partial charge < -0.3 is 4.90 Å². The first kappa shape index (κ1) is 19.2. The predicted molar refractivity (Wildman–Crippen MR) is 112 cm³/mol. The molecule has 4 rings (SSSR count). The number of nitrogens with zero attached hydrogens (tertiary/aromatic N) is 3. The van der Waals surface area contributed by atoms with Crippen LogP contribution in [0.4, 0.5) is 0 Å². The molecule has 0 aliphatic carbocycles. The molecule has 0 radical (unpaired) electrons. The zero-order chi connectivity index (χ0) is 20.4. The molecule has 1 amide bonds. The van der Waals surface area contributed by atoms with Gasteiger partial charge in [0.15, 0.2) is 0 Å². The number of carbonyl (C=O) groups is 1. The number of piperidine rings is 1. The summed E-state index contributed by atoms with van der Waals surface area (Å²) < 4.78 is 1.68. The Labute approximate surface area is 170 Å². The van der Waals surface area contributed by atoms with E-state index in [1.54, 1.807) is 4.57 Å². The standard InChI is InChI=1S/C23H26N4O2/c1-16-7-3-5-9-19(16)22(28)26-13-11-18(12-14-26)15-21-24-25-23(29)27(21)20-10-6-4-8-17(20)2/h3-10,18H,11-15H2,1-2H3,(H,25,29). The summed E-state index contributed by atoms with van der Waals surface area (Å²) in [5.41, 5.74) is 3.50. The van der Waals surface area contributed by atoms with Crippen LogP contribution in [0.15, 0.2) is 53.3 Å². The van der Waals surface area contributed by atoms with E-state index in [1.807, 2.05) is 67.3 Å². The highest BCUT2D eigenvalue weighted by atomic mass is 16.2. The number of nitrogens with one attached hydrogen (secondary N) is 1. The van der Waals surface area contributed by atoms with Crippen LogP contribution >= 0.6 is 0 Å². The van der Waals surface area contributed by atoms with Crippen LogP contribution < -0.4 is 5.69 Å². The molecule has 6 heteroatoms. The molecule has 150 valence electrons. The quantitative estimate of drug-likeness (QED) is 0.743. The molecule has 29 heavy (non-hydrogen) atoms. The van der Waals surface area contributed by atoms with Crippen LogP contribution in [0.3, 0.4) is 0 Å². The van der Waals surface area contributed by atoms with Gasteiger partial charge in [-0.2, -0.15) is 5.10 Å². The molecule has 0 saturated carbocycles. The van der Waals surface area contributed by atoms with Crippen molar-refractivity contribution in [3.05, 3.63) is 81.5 Å². The monoisotopic (exact) mass is 390 g/mol. The lowest BCUT2D eigenvalue weighted by atomic mass is 9.92. The largest absolute Gasteiger partial charge is 0.347 e. The van der Waals surface area contributed by atoms with Crippen molar-refractivity contribution in [1.82, 2.24) is 19.7 Å². The van der Waals surface area contributed by atoms with Crippen LogP contribution in [0, 0.1) is 19.8 Å². The fourth-order valence-corrected chi connectivity index (χ4v) is 4.11. The van der Waals surface area contributed by atoms with Gasteiger partial charge in [-0.1, -0.05) is 36.4 Å². The van der Waals surface area contributed by atoms with E-state index in [4.69, 9.17) is 0 Å². The van der Waals surface area contributed by atoms with E-state index in [9.17, 15) is 9.59 Å². The Morgan fingerprint density at radius 2 is 1.69 bits per heavy atom. The Kier molecular flexibility index (Phi) is 5.34. The third-order valence-electron chi connectivity index (χ3n) is 5.85. The number of aromatic nitrogens is 3. The van der Waals surface area contributed by atoms with E-state index >= 15 is 0 Å². The first-order valence-corrected chi connectivity index (χ1v) is 10.1. The van der Waals surface area contributed by atoms with Crippen molar-refractivity contribution in [2.75, 3.05) is 13.1 Å². The lowest BCUT2D eigenvalue weighted by molar-refractivity contribution is 0.0689. The second kappa shape index (κ2) is 8.07. The molecule has 1 aliphatic heterocycles. The Bertz CT molecular complexity index is 1070. The summed E-state index contributed by atoms with van der Waals surface area (Å²) in [6.07, 6.45) is 2.54. The number of carbonyl (C=O) groups excluding carboxylic acids is 1. The van der Waals surface area contributed by atoms with Crippen molar-refractivity contribution in [1.29, 1.82) is 0 Å². The van der Waals surface area contributed by atoms with Gasteiger partial charge in [-0.05, 0) is 55.9 Å². The van der Waals surface area contributed by atoms with E-state index in [0.29, 0.717) is 5.92 Å². The lowest BCUT2D eigenvalue weighted by Gasteiger charge is -2.32. The van der Waals surface area contributed by atoms with Gasteiger partial charge in [0.05, 0.1) is 5.69 Å².